The lowest BCUT2D eigenvalue weighted by atomic mass is 10.1. The van der Waals surface area contributed by atoms with E-state index in [2.05, 4.69) is 29.8 Å². The van der Waals surface area contributed by atoms with Crippen LogP contribution in [0.4, 0.5) is 0 Å². The standard InChI is InChI=1S/C18H24N2O3S/c1-11-7-14(5-6-15(11)22-4)17-16(24-18(21)19-17)10-20-8-12(2)23-13(3)9-20/h5-7,12-13H,8-10H2,1-4H3,(H,19,21). The number of morpholine rings is 1. The van der Waals surface area contributed by atoms with Crippen molar-refractivity contribution in [2.75, 3.05) is 20.2 Å². The number of H-pyrrole nitrogens is 1. The molecule has 5 nitrogen and oxygen atoms in total. The summed E-state index contributed by atoms with van der Waals surface area (Å²) in [6, 6.07) is 6.01. The van der Waals surface area contributed by atoms with Crippen molar-refractivity contribution in [1.29, 1.82) is 0 Å². The van der Waals surface area contributed by atoms with Crippen molar-refractivity contribution < 1.29 is 9.47 Å². The molecule has 1 N–H and O–H groups in total. The van der Waals surface area contributed by atoms with Gasteiger partial charge < -0.3 is 14.5 Å². The van der Waals surface area contributed by atoms with Crippen molar-refractivity contribution in [3.8, 4) is 17.0 Å². The predicted molar refractivity (Wildman–Crippen MR) is 97.0 cm³/mol. The molecule has 1 fully saturated rings. The largest absolute Gasteiger partial charge is 0.496 e. The Labute approximate surface area is 146 Å². The molecule has 24 heavy (non-hydrogen) atoms. The molecule has 0 radical (unpaired) electrons. The average Bonchev–Trinajstić information content (AvgIpc) is 2.86. The zero-order valence-corrected chi connectivity index (χ0v) is 15.4. The Balaban J connectivity index is 1.88. The number of aromatic amines is 1. The van der Waals surface area contributed by atoms with Crippen molar-refractivity contribution in [2.24, 2.45) is 0 Å². The SMILES string of the molecule is COc1ccc(-c2[nH]c(=O)sc2CN2CC(C)OC(C)C2)cc1C. The number of methoxy groups -OCH3 is 1. The first-order valence-corrected chi connectivity index (χ1v) is 9.02. The van der Waals surface area contributed by atoms with Crippen LogP contribution >= 0.6 is 11.3 Å². The number of nitrogens with one attached hydrogen (secondary N) is 1. The van der Waals surface area contributed by atoms with Crippen LogP contribution in [0.2, 0.25) is 0 Å². The van der Waals surface area contributed by atoms with Gasteiger partial charge in [0, 0.05) is 24.5 Å². The minimum atomic E-state index is -0.0113. The molecule has 1 aromatic carbocycles. The maximum absolute atomic E-state index is 12.0. The lowest BCUT2D eigenvalue weighted by Gasteiger charge is -2.35. The number of nitrogens with zero attached hydrogens (tertiary/aromatic N) is 1. The molecule has 2 unspecified atom stereocenters. The van der Waals surface area contributed by atoms with E-state index >= 15 is 0 Å². The molecule has 0 aliphatic carbocycles. The molecule has 2 atom stereocenters. The average molecular weight is 348 g/mol. The molecule has 1 aromatic heterocycles. The van der Waals surface area contributed by atoms with E-state index in [1.807, 2.05) is 19.1 Å². The first kappa shape index (κ1) is 17.2. The predicted octanol–water partition coefficient (Wildman–Crippen LogP) is 3.03. The minimum Gasteiger partial charge on any atom is -0.496 e. The highest BCUT2D eigenvalue weighted by Gasteiger charge is 2.24. The normalized spacial score (nSPS) is 21.8. The fourth-order valence-corrected chi connectivity index (χ4v) is 4.25. The van der Waals surface area contributed by atoms with Crippen LogP contribution in [-0.2, 0) is 11.3 Å². The summed E-state index contributed by atoms with van der Waals surface area (Å²) in [5.41, 5.74) is 3.00. The fraction of sp³-hybridized carbons (Fsp3) is 0.500. The Hall–Kier alpha value is -1.63. The van der Waals surface area contributed by atoms with E-state index in [0.29, 0.717) is 0 Å². The Morgan fingerprint density at radius 2 is 2.04 bits per heavy atom. The molecule has 1 aliphatic rings. The minimum absolute atomic E-state index is 0.0113. The second-order valence-corrected chi connectivity index (χ2v) is 7.52. The molecule has 3 rings (SSSR count). The van der Waals surface area contributed by atoms with E-state index in [-0.39, 0.29) is 17.1 Å². The number of rotatable bonds is 4. The number of aromatic nitrogens is 1. The van der Waals surface area contributed by atoms with E-state index in [9.17, 15) is 4.79 Å². The van der Waals surface area contributed by atoms with Crippen molar-refractivity contribution >= 4 is 11.3 Å². The molecule has 0 saturated carbocycles. The number of aryl methyl sites for hydroxylation is 1. The summed E-state index contributed by atoms with van der Waals surface area (Å²) in [6.07, 6.45) is 0.437. The summed E-state index contributed by atoms with van der Waals surface area (Å²) in [6.45, 7) is 8.74. The van der Waals surface area contributed by atoms with Gasteiger partial charge in [0.15, 0.2) is 0 Å². The molecule has 6 heteroatoms. The first-order valence-electron chi connectivity index (χ1n) is 8.21. The second kappa shape index (κ2) is 7.09. The van der Waals surface area contributed by atoms with Crippen LogP contribution in [0, 0.1) is 6.92 Å². The van der Waals surface area contributed by atoms with Gasteiger partial charge in [0.1, 0.15) is 5.75 Å². The third-order valence-corrected chi connectivity index (χ3v) is 5.13. The van der Waals surface area contributed by atoms with Crippen LogP contribution < -0.4 is 9.61 Å². The van der Waals surface area contributed by atoms with E-state index in [1.165, 1.54) is 11.3 Å². The van der Waals surface area contributed by atoms with Crippen LogP contribution in [0.1, 0.15) is 24.3 Å². The highest BCUT2D eigenvalue weighted by Crippen LogP contribution is 2.29. The van der Waals surface area contributed by atoms with Gasteiger partial charge in [-0.15, -0.1) is 0 Å². The van der Waals surface area contributed by atoms with Crippen molar-refractivity contribution in [3.05, 3.63) is 38.3 Å². The van der Waals surface area contributed by atoms with Crippen LogP contribution in [0.25, 0.3) is 11.3 Å². The maximum atomic E-state index is 12.0. The van der Waals surface area contributed by atoms with Crippen molar-refractivity contribution in [2.45, 2.75) is 39.5 Å². The molecule has 2 aromatic rings. The number of hydrogen-bond donors (Lipinski definition) is 1. The first-order chi connectivity index (χ1) is 11.5. The molecular formula is C18H24N2O3S. The van der Waals surface area contributed by atoms with Crippen LogP contribution in [0.15, 0.2) is 23.0 Å². The smallest absolute Gasteiger partial charge is 0.305 e. The van der Waals surface area contributed by atoms with E-state index in [1.54, 1.807) is 7.11 Å². The van der Waals surface area contributed by atoms with Gasteiger partial charge in [0.2, 0.25) is 0 Å². The molecule has 0 spiro atoms. The summed E-state index contributed by atoms with van der Waals surface area (Å²) in [7, 11) is 1.67. The summed E-state index contributed by atoms with van der Waals surface area (Å²) in [5.74, 6) is 0.855. The highest BCUT2D eigenvalue weighted by molar-refractivity contribution is 7.09. The lowest BCUT2D eigenvalue weighted by Crippen LogP contribution is -2.44. The fourth-order valence-electron chi connectivity index (χ4n) is 3.36. The molecule has 0 bridgehead atoms. The van der Waals surface area contributed by atoms with Crippen molar-refractivity contribution in [3.63, 3.8) is 0 Å². The van der Waals surface area contributed by atoms with Crippen LogP contribution in [0.5, 0.6) is 5.75 Å². The zero-order chi connectivity index (χ0) is 17.3. The third kappa shape index (κ3) is 3.71. The molecule has 1 saturated heterocycles. The Morgan fingerprint density at radius 3 is 2.67 bits per heavy atom. The Bertz CT molecular complexity index is 758. The topological polar surface area (TPSA) is 54.6 Å². The van der Waals surface area contributed by atoms with Gasteiger partial charge in [0.25, 0.3) is 0 Å². The summed E-state index contributed by atoms with van der Waals surface area (Å²) >= 11 is 1.30. The monoisotopic (exact) mass is 348 g/mol. The molecular weight excluding hydrogens is 324 g/mol. The number of hydrogen-bond acceptors (Lipinski definition) is 5. The van der Waals surface area contributed by atoms with E-state index in [4.69, 9.17) is 9.47 Å². The number of benzene rings is 1. The lowest BCUT2D eigenvalue weighted by molar-refractivity contribution is -0.0702. The van der Waals surface area contributed by atoms with Gasteiger partial charge in [-0.1, -0.05) is 11.3 Å². The molecule has 130 valence electrons. The highest BCUT2D eigenvalue weighted by atomic mass is 32.1. The van der Waals surface area contributed by atoms with E-state index < -0.39 is 0 Å². The van der Waals surface area contributed by atoms with Gasteiger partial charge in [-0.2, -0.15) is 0 Å². The quantitative estimate of drug-likeness (QED) is 0.923. The Morgan fingerprint density at radius 1 is 1.33 bits per heavy atom. The van der Waals surface area contributed by atoms with Crippen LogP contribution in [0.3, 0.4) is 0 Å². The Kier molecular flexibility index (Phi) is 5.08. The third-order valence-electron chi connectivity index (χ3n) is 4.27. The zero-order valence-electron chi connectivity index (χ0n) is 14.6. The molecule has 1 aliphatic heterocycles. The van der Waals surface area contributed by atoms with Gasteiger partial charge in [0.05, 0.1) is 25.0 Å². The van der Waals surface area contributed by atoms with Crippen molar-refractivity contribution in [1.82, 2.24) is 9.88 Å². The van der Waals surface area contributed by atoms with Gasteiger partial charge >= 0.3 is 4.87 Å². The summed E-state index contributed by atoms with van der Waals surface area (Å²) in [4.78, 5) is 18.4. The molecule has 2 heterocycles. The number of thiazole rings is 1. The maximum Gasteiger partial charge on any atom is 0.305 e. The van der Waals surface area contributed by atoms with E-state index in [0.717, 1.165) is 47.1 Å². The number of ether oxygens (including phenoxy) is 2. The summed E-state index contributed by atoms with van der Waals surface area (Å²) in [5, 5.41) is 0. The van der Waals surface area contributed by atoms with Gasteiger partial charge in [-0.25, -0.2) is 0 Å². The van der Waals surface area contributed by atoms with Gasteiger partial charge in [-0.3, -0.25) is 9.69 Å². The summed E-state index contributed by atoms with van der Waals surface area (Å²) < 4.78 is 11.1. The van der Waals surface area contributed by atoms with Gasteiger partial charge in [-0.05, 0) is 50.1 Å². The second-order valence-electron chi connectivity index (χ2n) is 6.45. The molecule has 0 amide bonds. The van der Waals surface area contributed by atoms with Crippen LogP contribution in [-0.4, -0.2) is 42.3 Å².